The molecule has 29 valence electrons. The molecule has 0 radical (unpaired) electrons. The van der Waals surface area contributed by atoms with Gasteiger partial charge in [0.1, 0.15) is 0 Å². The van der Waals surface area contributed by atoms with Gasteiger partial charge in [-0.25, -0.2) is 0 Å². The molecule has 0 unspecified atom stereocenters. The molecule has 0 amide bonds. The Kier molecular flexibility index (Phi) is 17.0. The van der Waals surface area contributed by atoms with Gasteiger partial charge in [-0.05, 0) is 0 Å². The number of hydrogen-bond donors (Lipinski definition) is 0. The zero-order chi connectivity index (χ0) is 3.41. The Bertz CT molecular complexity index is 11.6. The first kappa shape index (κ1) is 9.49. The van der Waals surface area contributed by atoms with Crippen LogP contribution in [0.5, 0.6) is 0 Å². The van der Waals surface area contributed by atoms with Crippen molar-refractivity contribution in [1.29, 1.82) is 0 Å². The van der Waals surface area contributed by atoms with Crippen LogP contribution >= 0.6 is 0 Å². The summed E-state index contributed by atoms with van der Waals surface area (Å²) in [7, 11) is 1.73. The van der Waals surface area contributed by atoms with Crippen molar-refractivity contribution in [3.8, 4) is 0 Å². The molecule has 3 heteroatoms. The molecule has 0 aliphatic rings. The molecular weight excluding hydrogens is 276 g/mol. The van der Waals surface area contributed by atoms with Gasteiger partial charge in [-0.3, -0.25) is 0 Å². The Morgan fingerprint density at radius 1 is 1.80 bits per heavy atom. The molecule has 0 N–H and O–H groups in total. The number of hydrogen-bond acceptors (Lipinski definition) is 1. The third-order valence-corrected chi connectivity index (χ3v) is 1.79. The van der Waals surface area contributed by atoms with Crippen LogP contribution in [0, 0.1) is 0 Å². The Labute approximate surface area is 54.5 Å². The fraction of sp³-hybridized carbons (Fsp3) is 1.00. The van der Waals surface area contributed by atoms with Gasteiger partial charge in [-0.15, -0.1) is 0 Å². The number of halogens is 1. The molecule has 1 nitrogen and oxygen atoms in total. The molecule has 0 spiro atoms. The van der Waals surface area contributed by atoms with E-state index in [1.165, 1.54) is 0 Å². The molecule has 0 saturated carbocycles. The van der Waals surface area contributed by atoms with Crippen molar-refractivity contribution in [2.75, 3.05) is 11.2 Å². The third-order valence-electron chi connectivity index (χ3n) is 0.204. The zero-order valence-corrected chi connectivity index (χ0v) is 9.45. The van der Waals surface area contributed by atoms with E-state index in [-0.39, 0.29) is 12.4 Å². The molecule has 0 heterocycles. The quantitative estimate of drug-likeness (QED) is 0.470. The molecule has 0 fully saturated rings. The molecule has 0 aromatic carbocycles. The van der Waals surface area contributed by atoms with E-state index in [0.717, 1.165) is 30.2 Å². The van der Waals surface area contributed by atoms with Crippen LogP contribution in [0.4, 0.5) is 0 Å². The van der Waals surface area contributed by atoms with Crippen LogP contribution in [-0.2, 0) is 30.9 Å². The van der Waals surface area contributed by atoms with Crippen LogP contribution in [0.1, 0.15) is 0 Å². The van der Waals surface area contributed by atoms with E-state index in [1.807, 2.05) is 0 Å². The zero-order valence-electron chi connectivity index (χ0n) is 3.20. The van der Waals surface area contributed by atoms with E-state index in [1.54, 1.807) is 7.11 Å². The summed E-state index contributed by atoms with van der Waals surface area (Å²) in [6.45, 7) is 0. The molecule has 5 heavy (non-hydrogen) atoms. The van der Waals surface area contributed by atoms with Gasteiger partial charge < -0.3 is 12.4 Å². The average Bonchev–Trinajstić information content (AvgIpc) is 1.37. The standard InChI is InChI=1S/C2H5O.ClH.Hg/c1-3-2;;/h1H2,2H3;1H;/p-1. The SMILES string of the molecule is CO[CH2][Hg].[Cl-]. The maximum absolute atomic E-state index is 4.63. The second-order valence-corrected chi connectivity index (χ2v) is 2.08. The van der Waals surface area contributed by atoms with Gasteiger partial charge >= 0.3 is 42.1 Å². The van der Waals surface area contributed by atoms with E-state index in [2.05, 4.69) is 4.74 Å². The molecule has 0 atom stereocenters. The summed E-state index contributed by atoms with van der Waals surface area (Å²) < 4.78 is 5.64. The summed E-state index contributed by atoms with van der Waals surface area (Å²) in [4.78, 5) is 0. The molecule has 0 aromatic heterocycles. The molecule has 0 aromatic rings. The van der Waals surface area contributed by atoms with Crippen molar-refractivity contribution in [3.05, 3.63) is 0 Å². The molecule has 0 aliphatic heterocycles. The summed E-state index contributed by atoms with van der Waals surface area (Å²) in [5, 5.41) is 0. The van der Waals surface area contributed by atoms with Crippen LogP contribution in [-0.4, -0.2) is 11.2 Å². The van der Waals surface area contributed by atoms with Crippen molar-refractivity contribution >= 4 is 0 Å². The van der Waals surface area contributed by atoms with Gasteiger partial charge in [-0.1, -0.05) is 0 Å². The predicted octanol–water partition coefficient (Wildman–Crippen LogP) is -2.86. The van der Waals surface area contributed by atoms with Crippen LogP contribution < -0.4 is 12.4 Å². The summed E-state index contributed by atoms with van der Waals surface area (Å²) in [6, 6.07) is 0. The van der Waals surface area contributed by atoms with Crippen molar-refractivity contribution < 1.29 is 43.3 Å². The third kappa shape index (κ3) is 11.0. The van der Waals surface area contributed by atoms with Crippen LogP contribution in [0.15, 0.2) is 0 Å². The van der Waals surface area contributed by atoms with Gasteiger partial charge in [0.25, 0.3) is 0 Å². The number of methoxy groups -OCH3 is 1. The number of ether oxygens (including phenoxy) is 1. The second-order valence-electron chi connectivity index (χ2n) is 0.493. The van der Waals surface area contributed by atoms with Crippen molar-refractivity contribution in [2.24, 2.45) is 0 Å². The fourth-order valence-electron chi connectivity index (χ4n) is 0. The summed E-state index contributed by atoms with van der Waals surface area (Å²) >= 11 is 0.851. The Morgan fingerprint density at radius 3 is 2.00 bits per heavy atom. The minimum absolute atomic E-state index is 0. The van der Waals surface area contributed by atoms with Crippen molar-refractivity contribution in [2.45, 2.75) is 0 Å². The minimum atomic E-state index is 0. The summed E-state index contributed by atoms with van der Waals surface area (Å²) in [6.07, 6.45) is 0. The first-order valence-electron chi connectivity index (χ1n) is 1.20. The van der Waals surface area contributed by atoms with Crippen molar-refractivity contribution in [3.63, 3.8) is 0 Å². The largest absolute Gasteiger partial charge is 1.00 e. The summed E-state index contributed by atoms with van der Waals surface area (Å²) in [5.41, 5.74) is 0. The van der Waals surface area contributed by atoms with E-state index >= 15 is 0 Å². The van der Waals surface area contributed by atoms with Gasteiger partial charge in [0.2, 0.25) is 0 Å². The van der Waals surface area contributed by atoms with Crippen LogP contribution in [0.2, 0.25) is 0 Å². The normalized spacial score (nSPS) is 6.20. The van der Waals surface area contributed by atoms with Gasteiger partial charge in [-0.2, -0.15) is 0 Å². The topological polar surface area (TPSA) is 9.23 Å². The van der Waals surface area contributed by atoms with Gasteiger partial charge in [0, 0.05) is 0 Å². The first-order chi connectivity index (χ1) is 1.91. The van der Waals surface area contributed by atoms with Crippen molar-refractivity contribution in [1.82, 2.24) is 0 Å². The minimum Gasteiger partial charge on any atom is -1.00 e. The van der Waals surface area contributed by atoms with E-state index in [4.69, 9.17) is 0 Å². The van der Waals surface area contributed by atoms with E-state index < -0.39 is 0 Å². The Morgan fingerprint density at radius 2 is 2.00 bits per heavy atom. The Hall–Kier alpha value is 1.19. The molecule has 0 rings (SSSR count). The Balaban J connectivity index is 0. The number of rotatable bonds is 1. The predicted molar refractivity (Wildman–Crippen MR) is 11.9 cm³/mol. The first-order valence-corrected chi connectivity index (χ1v) is 5.08. The van der Waals surface area contributed by atoms with E-state index in [0.29, 0.717) is 0 Å². The second kappa shape index (κ2) is 8.95. The molecule has 0 aliphatic carbocycles. The smallest absolute Gasteiger partial charge is 1.00 e. The molecule has 0 bridgehead atoms. The van der Waals surface area contributed by atoms with E-state index in [9.17, 15) is 0 Å². The summed E-state index contributed by atoms with van der Waals surface area (Å²) in [5.74, 6) is 0. The van der Waals surface area contributed by atoms with Gasteiger partial charge in [0.15, 0.2) is 0 Å². The maximum Gasteiger partial charge on any atom is -1.00 e. The average molecular weight is 281 g/mol. The van der Waals surface area contributed by atoms with Crippen LogP contribution in [0.25, 0.3) is 0 Å². The molecular formula is C2H5ClHgO-. The monoisotopic (exact) mass is 282 g/mol. The fourth-order valence-corrected chi connectivity index (χ4v) is 0. The van der Waals surface area contributed by atoms with Gasteiger partial charge in [0.05, 0.1) is 0 Å². The van der Waals surface area contributed by atoms with Crippen LogP contribution in [0.3, 0.4) is 0 Å². The maximum atomic E-state index is 4.63. The molecule has 0 saturated heterocycles.